The van der Waals surface area contributed by atoms with Gasteiger partial charge in [-0.3, -0.25) is 10.1 Å². The number of nitrogens with zero attached hydrogens (tertiary/aromatic N) is 3. The third kappa shape index (κ3) is 2.76. The summed E-state index contributed by atoms with van der Waals surface area (Å²) >= 11 is 6.00. The SMILES string of the molecule is Cc1ccc(Nc2ncnc(NN)c2[N+](=O)[O-])cc1Cl. The van der Waals surface area contributed by atoms with E-state index in [1.54, 1.807) is 18.2 Å². The molecule has 0 aliphatic heterocycles. The Hall–Kier alpha value is -2.45. The summed E-state index contributed by atoms with van der Waals surface area (Å²) in [4.78, 5) is 18.0. The molecule has 1 aromatic carbocycles. The van der Waals surface area contributed by atoms with Gasteiger partial charge in [-0.25, -0.2) is 15.8 Å². The molecule has 0 aliphatic carbocycles. The highest BCUT2D eigenvalue weighted by Crippen LogP contribution is 2.31. The minimum Gasteiger partial charge on any atom is -0.334 e. The summed E-state index contributed by atoms with van der Waals surface area (Å²) in [6, 6.07) is 5.18. The number of halogens is 1. The lowest BCUT2D eigenvalue weighted by atomic mass is 10.2. The molecule has 0 aliphatic rings. The molecule has 0 amide bonds. The van der Waals surface area contributed by atoms with Crippen molar-refractivity contribution in [3.8, 4) is 0 Å². The van der Waals surface area contributed by atoms with Gasteiger partial charge >= 0.3 is 5.69 Å². The molecule has 0 fully saturated rings. The number of anilines is 3. The number of nitrogens with one attached hydrogen (secondary N) is 2. The molecule has 4 N–H and O–H groups in total. The van der Waals surface area contributed by atoms with Crippen molar-refractivity contribution in [3.63, 3.8) is 0 Å². The van der Waals surface area contributed by atoms with Crippen molar-refractivity contribution >= 4 is 34.6 Å². The Kier molecular flexibility index (Phi) is 3.97. The van der Waals surface area contributed by atoms with Crippen LogP contribution in [0.15, 0.2) is 24.5 Å². The lowest BCUT2D eigenvalue weighted by Crippen LogP contribution is -2.12. The number of rotatable bonds is 4. The molecule has 20 heavy (non-hydrogen) atoms. The van der Waals surface area contributed by atoms with E-state index in [1.165, 1.54) is 6.33 Å². The maximum absolute atomic E-state index is 11.1. The van der Waals surface area contributed by atoms with Crippen LogP contribution in [0.1, 0.15) is 5.56 Å². The van der Waals surface area contributed by atoms with E-state index in [2.05, 4.69) is 20.7 Å². The zero-order valence-electron chi connectivity index (χ0n) is 10.4. The molecule has 0 bridgehead atoms. The second-order valence-corrected chi connectivity index (χ2v) is 4.32. The summed E-state index contributed by atoms with van der Waals surface area (Å²) in [5.74, 6) is 5.15. The van der Waals surface area contributed by atoms with Crippen molar-refractivity contribution in [2.75, 3.05) is 10.7 Å². The zero-order valence-corrected chi connectivity index (χ0v) is 11.2. The Morgan fingerprint density at radius 1 is 1.35 bits per heavy atom. The van der Waals surface area contributed by atoms with Gasteiger partial charge in [0.2, 0.25) is 11.6 Å². The third-order valence-corrected chi connectivity index (χ3v) is 2.98. The van der Waals surface area contributed by atoms with E-state index in [0.29, 0.717) is 10.7 Å². The standard InChI is InChI=1S/C11H11ClN6O2/c1-6-2-3-7(4-8(6)12)16-10-9(18(19)20)11(17-13)15-5-14-10/h2-5H,13H2,1H3,(H2,14,15,16,17). The molecule has 0 saturated heterocycles. The molecule has 1 heterocycles. The molecule has 104 valence electrons. The van der Waals surface area contributed by atoms with Gasteiger partial charge in [-0.15, -0.1) is 0 Å². The average molecular weight is 295 g/mol. The number of nitrogen functional groups attached to an aromatic ring is 1. The second kappa shape index (κ2) is 5.68. The topological polar surface area (TPSA) is 119 Å². The van der Waals surface area contributed by atoms with Crippen LogP contribution in [-0.4, -0.2) is 14.9 Å². The quantitative estimate of drug-likeness (QED) is 0.450. The molecule has 8 nitrogen and oxygen atoms in total. The van der Waals surface area contributed by atoms with Crippen LogP contribution < -0.4 is 16.6 Å². The maximum Gasteiger partial charge on any atom is 0.354 e. The Morgan fingerprint density at radius 3 is 2.65 bits per heavy atom. The summed E-state index contributed by atoms with van der Waals surface area (Å²) in [5, 5.41) is 14.4. The van der Waals surface area contributed by atoms with Crippen molar-refractivity contribution in [1.82, 2.24) is 9.97 Å². The van der Waals surface area contributed by atoms with E-state index < -0.39 is 4.92 Å². The number of aromatic nitrogens is 2. The Balaban J connectivity index is 2.42. The summed E-state index contributed by atoms with van der Waals surface area (Å²) in [5.41, 5.74) is 3.30. The molecular formula is C11H11ClN6O2. The van der Waals surface area contributed by atoms with Crippen LogP contribution in [0.5, 0.6) is 0 Å². The van der Waals surface area contributed by atoms with E-state index in [4.69, 9.17) is 17.4 Å². The first-order valence-electron chi connectivity index (χ1n) is 5.52. The first-order valence-corrected chi connectivity index (χ1v) is 5.90. The summed E-state index contributed by atoms with van der Waals surface area (Å²) < 4.78 is 0. The lowest BCUT2D eigenvalue weighted by Gasteiger charge is -2.09. The predicted molar refractivity (Wildman–Crippen MR) is 76.0 cm³/mol. The summed E-state index contributed by atoms with van der Waals surface area (Å²) in [6.07, 6.45) is 1.17. The van der Waals surface area contributed by atoms with Gasteiger partial charge in [0, 0.05) is 10.7 Å². The molecule has 2 rings (SSSR count). The highest BCUT2D eigenvalue weighted by atomic mass is 35.5. The lowest BCUT2D eigenvalue weighted by molar-refractivity contribution is -0.383. The van der Waals surface area contributed by atoms with Crippen molar-refractivity contribution in [1.29, 1.82) is 0 Å². The number of aryl methyl sites for hydroxylation is 1. The van der Waals surface area contributed by atoms with Crippen LogP contribution in [0.4, 0.5) is 23.0 Å². The van der Waals surface area contributed by atoms with Gasteiger partial charge in [0.1, 0.15) is 6.33 Å². The molecule has 0 spiro atoms. The molecule has 2 aromatic rings. The zero-order chi connectivity index (χ0) is 14.7. The van der Waals surface area contributed by atoms with E-state index in [1.807, 2.05) is 6.92 Å². The maximum atomic E-state index is 11.1. The number of nitro groups is 1. The molecule has 9 heteroatoms. The van der Waals surface area contributed by atoms with Gasteiger partial charge in [-0.2, -0.15) is 0 Å². The van der Waals surface area contributed by atoms with E-state index in [9.17, 15) is 10.1 Å². The molecule has 0 atom stereocenters. The molecular weight excluding hydrogens is 284 g/mol. The smallest absolute Gasteiger partial charge is 0.334 e. The van der Waals surface area contributed by atoms with Crippen LogP contribution in [0.3, 0.4) is 0 Å². The van der Waals surface area contributed by atoms with Gasteiger partial charge in [-0.1, -0.05) is 17.7 Å². The van der Waals surface area contributed by atoms with E-state index in [0.717, 1.165) is 5.56 Å². The van der Waals surface area contributed by atoms with Gasteiger partial charge < -0.3 is 10.7 Å². The van der Waals surface area contributed by atoms with Crippen LogP contribution in [0.2, 0.25) is 5.02 Å². The largest absolute Gasteiger partial charge is 0.354 e. The number of hydrazine groups is 1. The summed E-state index contributed by atoms with van der Waals surface area (Å²) in [6.45, 7) is 1.86. The van der Waals surface area contributed by atoms with Crippen molar-refractivity contribution in [2.45, 2.75) is 6.92 Å². The van der Waals surface area contributed by atoms with Gasteiger partial charge in [0.05, 0.1) is 4.92 Å². The van der Waals surface area contributed by atoms with Crippen LogP contribution in [-0.2, 0) is 0 Å². The fourth-order valence-electron chi connectivity index (χ4n) is 1.56. The minimum absolute atomic E-state index is 0.0258. The number of benzene rings is 1. The highest BCUT2D eigenvalue weighted by molar-refractivity contribution is 6.31. The third-order valence-electron chi connectivity index (χ3n) is 2.58. The van der Waals surface area contributed by atoms with Gasteiger partial charge in [0.15, 0.2) is 0 Å². The molecule has 0 unspecified atom stereocenters. The second-order valence-electron chi connectivity index (χ2n) is 3.91. The first kappa shape index (κ1) is 14.0. The Labute approximate surface area is 119 Å². The summed E-state index contributed by atoms with van der Waals surface area (Å²) in [7, 11) is 0. The Morgan fingerprint density at radius 2 is 2.05 bits per heavy atom. The van der Waals surface area contributed by atoms with E-state index in [-0.39, 0.29) is 17.3 Å². The molecule has 1 aromatic heterocycles. The molecule has 0 saturated carbocycles. The van der Waals surface area contributed by atoms with Crippen LogP contribution >= 0.6 is 11.6 Å². The highest BCUT2D eigenvalue weighted by Gasteiger charge is 2.22. The average Bonchev–Trinajstić information content (AvgIpc) is 2.42. The number of hydrogen-bond donors (Lipinski definition) is 3. The van der Waals surface area contributed by atoms with Crippen molar-refractivity contribution in [2.24, 2.45) is 5.84 Å². The normalized spacial score (nSPS) is 10.2. The Bertz CT molecular complexity index is 663. The van der Waals surface area contributed by atoms with Crippen LogP contribution in [0.25, 0.3) is 0 Å². The predicted octanol–water partition coefficient (Wildman–Crippen LogP) is 2.38. The van der Waals surface area contributed by atoms with E-state index >= 15 is 0 Å². The first-order chi connectivity index (χ1) is 9.52. The monoisotopic (exact) mass is 294 g/mol. The van der Waals surface area contributed by atoms with Crippen molar-refractivity contribution < 1.29 is 4.92 Å². The number of hydrogen-bond acceptors (Lipinski definition) is 7. The van der Waals surface area contributed by atoms with Crippen LogP contribution in [0, 0.1) is 17.0 Å². The van der Waals surface area contributed by atoms with Crippen molar-refractivity contribution in [3.05, 3.63) is 45.2 Å². The fraction of sp³-hybridized carbons (Fsp3) is 0.0909. The fourth-order valence-corrected chi connectivity index (χ4v) is 1.74. The molecule has 0 radical (unpaired) electrons. The van der Waals surface area contributed by atoms with Gasteiger partial charge in [-0.05, 0) is 24.6 Å². The number of nitrogens with two attached hydrogens (primary N) is 1. The minimum atomic E-state index is -0.618. The van der Waals surface area contributed by atoms with Gasteiger partial charge in [0.25, 0.3) is 0 Å².